The number of hydrogen-bond acceptors (Lipinski definition) is 2. The van der Waals surface area contributed by atoms with Gasteiger partial charge in [0.1, 0.15) is 5.82 Å². The highest BCUT2D eigenvalue weighted by atomic mass is 79.9. The molecule has 0 atom stereocenters. The third-order valence-electron chi connectivity index (χ3n) is 3.17. The summed E-state index contributed by atoms with van der Waals surface area (Å²) >= 11 is 3.07. The van der Waals surface area contributed by atoms with Crippen molar-refractivity contribution in [3.63, 3.8) is 0 Å². The number of carbonyl (C=O) groups is 2. The van der Waals surface area contributed by atoms with Crippen molar-refractivity contribution in [3.05, 3.63) is 57.8 Å². The van der Waals surface area contributed by atoms with Gasteiger partial charge in [0.05, 0.1) is 10.9 Å². The van der Waals surface area contributed by atoms with E-state index in [1.54, 1.807) is 18.2 Å². The van der Waals surface area contributed by atoms with Crippen molar-refractivity contribution < 1.29 is 14.0 Å². The van der Waals surface area contributed by atoms with E-state index >= 15 is 0 Å². The van der Waals surface area contributed by atoms with Crippen LogP contribution in [0, 0.1) is 5.82 Å². The lowest BCUT2D eigenvalue weighted by Gasteiger charge is -2.07. The van der Waals surface area contributed by atoms with Crippen molar-refractivity contribution >= 4 is 39.1 Å². The van der Waals surface area contributed by atoms with Gasteiger partial charge in [-0.25, -0.2) is 4.39 Å². The number of hydrogen-bond donors (Lipinski definition) is 2. The summed E-state index contributed by atoms with van der Waals surface area (Å²) in [5.74, 6) is -0.782. The van der Waals surface area contributed by atoms with Gasteiger partial charge in [-0.15, -0.1) is 0 Å². The number of anilines is 2. The van der Waals surface area contributed by atoms with Gasteiger partial charge in [0.25, 0.3) is 5.91 Å². The molecule has 4 nitrogen and oxygen atoms in total. The number of halogens is 2. The maximum absolute atomic E-state index is 13.1. The van der Waals surface area contributed by atoms with Crippen LogP contribution in [0.1, 0.15) is 15.9 Å². The molecule has 2 aromatic rings. The molecule has 3 rings (SSSR count). The Labute approximate surface area is 128 Å². The van der Waals surface area contributed by atoms with Crippen LogP contribution >= 0.6 is 15.9 Å². The van der Waals surface area contributed by atoms with Gasteiger partial charge in [-0.05, 0) is 57.9 Å². The van der Waals surface area contributed by atoms with E-state index in [1.165, 1.54) is 18.2 Å². The van der Waals surface area contributed by atoms with E-state index < -0.39 is 5.82 Å². The molecule has 0 aliphatic carbocycles. The largest absolute Gasteiger partial charge is 0.326 e. The SMILES string of the molecule is O=C1Cc2cc(C(=O)Nc3ccc(F)c(Br)c3)ccc2N1. The molecule has 0 bridgehead atoms. The summed E-state index contributed by atoms with van der Waals surface area (Å²) in [5.41, 5.74) is 2.47. The standard InChI is InChI=1S/C15H10BrFN2O2/c16-11-7-10(2-3-12(11)17)18-15(21)8-1-4-13-9(5-8)6-14(20)19-13/h1-5,7H,6H2,(H,18,21)(H,19,20). The number of fused-ring (bicyclic) bond motifs is 1. The Kier molecular flexibility index (Phi) is 3.47. The highest BCUT2D eigenvalue weighted by Gasteiger charge is 2.19. The molecule has 0 unspecified atom stereocenters. The maximum Gasteiger partial charge on any atom is 0.255 e. The van der Waals surface area contributed by atoms with Crippen LogP contribution in [0.4, 0.5) is 15.8 Å². The third kappa shape index (κ3) is 2.80. The average Bonchev–Trinajstić information content (AvgIpc) is 2.82. The summed E-state index contributed by atoms with van der Waals surface area (Å²) in [6.45, 7) is 0. The fourth-order valence-corrected chi connectivity index (χ4v) is 2.53. The van der Waals surface area contributed by atoms with Crippen LogP contribution in [-0.2, 0) is 11.2 Å². The molecular formula is C15H10BrFN2O2. The minimum atomic E-state index is -0.393. The maximum atomic E-state index is 13.1. The van der Waals surface area contributed by atoms with Gasteiger partial charge in [-0.1, -0.05) is 0 Å². The first-order chi connectivity index (χ1) is 10.0. The second-order valence-corrected chi connectivity index (χ2v) is 5.53. The molecular weight excluding hydrogens is 339 g/mol. The highest BCUT2D eigenvalue weighted by Crippen LogP contribution is 2.25. The van der Waals surface area contributed by atoms with Crippen molar-refractivity contribution in [1.82, 2.24) is 0 Å². The van der Waals surface area contributed by atoms with Crippen LogP contribution in [0.2, 0.25) is 0 Å². The van der Waals surface area contributed by atoms with Crippen molar-refractivity contribution in [3.8, 4) is 0 Å². The van der Waals surface area contributed by atoms with E-state index in [0.29, 0.717) is 11.3 Å². The van der Waals surface area contributed by atoms with Crippen molar-refractivity contribution in [2.24, 2.45) is 0 Å². The fraction of sp³-hybridized carbons (Fsp3) is 0.0667. The Morgan fingerprint density at radius 2 is 2.05 bits per heavy atom. The van der Waals surface area contributed by atoms with E-state index in [4.69, 9.17) is 0 Å². The van der Waals surface area contributed by atoms with E-state index in [-0.39, 0.29) is 22.7 Å². The van der Waals surface area contributed by atoms with E-state index in [0.717, 1.165) is 11.3 Å². The molecule has 0 saturated heterocycles. The van der Waals surface area contributed by atoms with Crippen molar-refractivity contribution in [2.75, 3.05) is 10.6 Å². The van der Waals surface area contributed by atoms with Crippen LogP contribution in [0.3, 0.4) is 0 Å². The van der Waals surface area contributed by atoms with Crippen LogP contribution in [0.15, 0.2) is 40.9 Å². The van der Waals surface area contributed by atoms with Crippen molar-refractivity contribution in [1.29, 1.82) is 0 Å². The zero-order valence-electron chi connectivity index (χ0n) is 10.7. The number of amides is 2. The highest BCUT2D eigenvalue weighted by molar-refractivity contribution is 9.10. The Balaban J connectivity index is 1.81. The predicted octanol–water partition coefficient (Wildman–Crippen LogP) is 3.34. The molecule has 1 heterocycles. The third-order valence-corrected chi connectivity index (χ3v) is 3.78. The molecule has 6 heteroatoms. The first kappa shape index (κ1) is 13.8. The van der Waals surface area contributed by atoms with Gasteiger partial charge in [0.2, 0.25) is 5.91 Å². The minimum absolute atomic E-state index is 0.0787. The van der Waals surface area contributed by atoms with Crippen LogP contribution < -0.4 is 10.6 Å². The van der Waals surface area contributed by atoms with Crippen LogP contribution in [0.5, 0.6) is 0 Å². The van der Waals surface area contributed by atoms with E-state index in [2.05, 4.69) is 26.6 Å². The quantitative estimate of drug-likeness (QED) is 0.874. The normalized spacial score (nSPS) is 12.8. The zero-order chi connectivity index (χ0) is 15.0. The molecule has 2 N–H and O–H groups in total. The Hall–Kier alpha value is -2.21. The lowest BCUT2D eigenvalue weighted by atomic mass is 10.1. The smallest absolute Gasteiger partial charge is 0.255 e. The summed E-state index contributed by atoms with van der Waals surface area (Å²) < 4.78 is 13.4. The summed E-state index contributed by atoms with van der Waals surface area (Å²) in [6, 6.07) is 9.27. The number of nitrogens with one attached hydrogen (secondary N) is 2. The van der Waals surface area contributed by atoms with Gasteiger partial charge < -0.3 is 10.6 Å². The fourth-order valence-electron chi connectivity index (χ4n) is 2.15. The molecule has 0 aromatic heterocycles. The molecule has 0 spiro atoms. The first-order valence-corrected chi connectivity index (χ1v) is 7.01. The summed E-state index contributed by atoms with van der Waals surface area (Å²) in [5, 5.41) is 5.40. The molecule has 1 aliphatic heterocycles. The van der Waals surface area contributed by atoms with Gasteiger partial charge in [-0.3, -0.25) is 9.59 Å². The molecule has 0 radical (unpaired) electrons. The van der Waals surface area contributed by atoms with Gasteiger partial charge >= 0.3 is 0 Å². The molecule has 106 valence electrons. The molecule has 2 amide bonds. The average molecular weight is 349 g/mol. The summed E-state index contributed by atoms with van der Waals surface area (Å²) in [7, 11) is 0. The second-order valence-electron chi connectivity index (χ2n) is 4.68. The van der Waals surface area contributed by atoms with Gasteiger partial charge in [-0.2, -0.15) is 0 Å². The minimum Gasteiger partial charge on any atom is -0.326 e. The Morgan fingerprint density at radius 3 is 2.81 bits per heavy atom. The van der Waals surface area contributed by atoms with Gasteiger partial charge in [0.15, 0.2) is 0 Å². The molecule has 0 fully saturated rings. The van der Waals surface area contributed by atoms with E-state index in [1.807, 2.05) is 0 Å². The summed E-state index contributed by atoms with van der Waals surface area (Å²) in [4.78, 5) is 23.5. The van der Waals surface area contributed by atoms with Crippen molar-refractivity contribution in [2.45, 2.75) is 6.42 Å². The Morgan fingerprint density at radius 1 is 1.24 bits per heavy atom. The Bertz CT molecular complexity index is 761. The monoisotopic (exact) mass is 348 g/mol. The van der Waals surface area contributed by atoms with Gasteiger partial charge in [0, 0.05) is 16.9 Å². The number of carbonyl (C=O) groups excluding carboxylic acids is 2. The molecule has 1 aliphatic rings. The topological polar surface area (TPSA) is 58.2 Å². The summed E-state index contributed by atoms with van der Waals surface area (Å²) in [6.07, 6.45) is 0.276. The van der Waals surface area contributed by atoms with Crippen LogP contribution in [-0.4, -0.2) is 11.8 Å². The molecule has 2 aromatic carbocycles. The lowest BCUT2D eigenvalue weighted by molar-refractivity contribution is -0.115. The molecule has 21 heavy (non-hydrogen) atoms. The van der Waals surface area contributed by atoms with Crippen LogP contribution in [0.25, 0.3) is 0 Å². The second kappa shape index (κ2) is 5.29. The lowest BCUT2D eigenvalue weighted by Crippen LogP contribution is -2.12. The first-order valence-electron chi connectivity index (χ1n) is 6.22. The zero-order valence-corrected chi connectivity index (χ0v) is 12.3. The van der Waals surface area contributed by atoms with E-state index in [9.17, 15) is 14.0 Å². The molecule has 0 saturated carbocycles. The number of benzene rings is 2. The number of rotatable bonds is 2. The predicted molar refractivity (Wildman–Crippen MR) is 80.8 cm³/mol.